The van der Waals surface area contributed by atoms with Crippen molar-refractivity contribution in [2.24, 2.45) is 5.92 Å². The first-order valence-electron chi connectivity index (χ1n) is 13.4. The van der Waals surface area contributed by atoms with Crippen molar-refractivity contribution in [1.29, 1.82) is 5.26 Å². The van der Waals surface area contributed by atoms with Gasteiger partial charge in [-0.15, -0.1) is 0 Å². The second kappa shape index (κ2) is 11.4. The molecule has 0 aliphatic heterocycles. The largest absolute Gasteiger partial charge is 0.478 e. The maximum atomic E-state index is 15.4. The van der Waals surface area contributed by atoms with E-state index in [1.807, 2.05) is 6.07 Å². The number of fused-ring (bicyclic) bond motifs is 1. The number of carboxylic acid groups (broad SMARTS) is 1. The predicted molar refractivity (Wildman–Crippen MR) is 148 cm³/mol. The first kappa shape index (κ1) is 28.8. The Kier molecular flexibility index (Phi) is 7.47. The van der Waals surface area contributed by atoms with Crippen LogP contribution in [0.15, 0.2) is 66.7 Å². The van der Waals surface area contributed by atoms with Crippen LogP contribution in [-0.2, 0) is 13.0 Å². The fourth-order valence-electron chi connectivity index (χ4n) is 5.16. The molecule has 2 aromatic heterocycles. The lowest BCUT2D eigenvalue weighted by molar-refractivity contribution is 0.0696. The van der Waals surface area contributed by atoms with Gasteiger partial charge in [-0.25, -0.2) is 36.7 Å². The minimum Gasteiger partial charge on any atom is -0.478 e. The number of ether oxygens (including phenoxy) is 1. The quantitative estimate of drug-likeness (QED) is 0.181. The maximum absolute atomic E-state index is 15.4. The molecule has 0 saturated heterocycles. The summed E-state index contributed by atoms with van der Waals surface area (Å²) in [5, 5.41) is 18.3. The minimum atomic E-state index is -2.60. The zero-order valence-electron chi connectivity index (χ0n) is 22.6. The first-order chi connectivity index (χ1) is 21.1. The van der Waals surface area contributed by atoms with Crippen LogP contribution in [-0.4, -0.2) is 32.0 Å². The Bertz CT molecular complexity index is 1970. The average Bonchev–Trinajstić information content (AvgIpc) is 3.72. The van der Waals surface area contributed by atoms with Crippen molar-refractivity contribution in [1.82, 2.24) is 14.5 Å². The molecule has 0 radical (unpaired) electrons. The van der Waals surface area contributed by atoms with Crippen molar-refractivity contribution in [3.63, 3.8) is 0 Å². The van der Waals surface area contributed by atoms with E-state index < -0.39 is 41.8 Å². The molecule has 0 amide bonds. The number of hydrogen-bond donors (Lipinski definition) is 1. The van der Waals surface area contributed by atoms with E-state index in [1.165, 1.54) is 53.1 Å². The van der Waals surface area contributed by atoms with Gasteiger partial charge in [-0.1, -0.05) is 12.1 Å². The molecule has 2 atom stereocenters. The van der Waals surface area contributed by atoms with Crippen LogP contribution in [0.25, 0.3) is 22.3 Å². The number of aromatic nitrogens is 3. The van der Waals surface area contributed by atoms with Crippen molar-refractivity contribution < 1.29 is 36.6 Å². The summed E-state index contributed by atoms with van der Waals surface area (Å²) in [5.41, 5.74) is 0.756. The monoisotopic (exact) mass is 604 g/mol. The number of carbonyl (C=O) groups is 1. The van der Waals surface area contributed by atoms with Gasteiger partial charge in [0, 0.05) is 35.6 Å². The third-order valence-electron chi connectivity index (χ3n) is 7.51. The molecule has 1 saturated carbocycles. The number of benzene rings is 3. The van der Waals surface area contributed by atoms with Gasteiger partial charge in [0.15, 0.2) is 0 Å². The highest BCUT2D eigenvalue weighted by Gasteiger charge is 2.47. The smallest absolute Gasteiger partial charge is 0.335 e. The number of halogens is 5. The topological polar surface area (TPSA) is 101 Å². The number of nitrogens with zero attached hydrogens (tertiary/aromatic N) is 4. The van der Waals surface area contributed by atoms with E-state index in [0.717, 1.165) is 18.2 Å². The number of nitriles is 1. The van der Waals surface area contributed by atoms with Crippen LogP contribution in [0, 0.1) is 34.7 Å². The highest BCUT2D eigenvalue weighted by Crippen LogP contribution is 2.49. The van der Waals surface area contributed by atoms with Crippen molar-refractivity contribution in [2.75, 3.05) is 0 Å². The Labute approximate surface area is 246 Å². The molecule has 44 heavy (non-hydrogen) atoms. The highest BCUT2D eigenvalue weighted by atomic mass is 19.3. The van der Waals surface area contributed by atoms with Crippen molar-refractivity contribution in [3.8, 4) is 23.2 Å². The van der Waals surface area contributed by atoms with Gasteiger partial charge in [0.2, 0.25) is 12.3 Å². The lowest BCUT2D eigenvalue weighted by atomic mass is 10.0. The lowest BCUT2D eigenvalue weighted by Gasteiger charge is -2.12. The van der Waals surface area contributed by atoms with E-state index in [0.29, 0.717) is 11.0 Å². The van der Waals surface area contributed by atoms with Gasteiger partial charge in [-0.2, -0.15) is 5.26 Å². The summed E-state index contributed by atoms with van der Waals surface area (Å²) in [6.07, 6.45) is -2.69. The number of imidazole rings is 1. The van der Waals surface area contributed by atoms with Gasteiger partial charge in [0.1, 0.15) is 29.9 Å². The summed E-state index contributed by atoms with van der Waals surface area (Å²) >= 11 is 0. The molecule has 0 spiro atoms. The number of aromatic carboxylic acids is 1. The van der Waals surface area contributed by atoms with Crippen LogP contribution in [0.3, 0.4) is 0 Å². The molecule has 1 fully saturated rings. The number of carboxylic acids is 1. The number of pyridine rings is 1. The first-order valence-corrected chi connectivity index (χ1v) is 13.4. The van der Waals surface area contributed by atoms with Gasteiger partial charge in [-0.05, 0) is 60.5 Å². The second-order valence-electron chi connectivity index (χ2n) is 10.4. The van der Waals surface area contributed by atoms with Crippen LogP contribution in [0.1, 0.15) is 45.3 Å². The molecule has 7 nitrogen and oxygen atoms in total. The zero-order valence-corrected chi connectivity index (χ0v) is 22.6. The fourth-order valence-corrected chi connectivity index (χ4v) is 5.16. The normalized spacial score (nSPS) is 15.8. The molecule has 222 valence electrons. The Morgan fingerprint density at radius 2 is 1.80 bits per heavy atom. The summed E-state index contributed by atoms with van der Waals surface area (Å²) in [6.45, 7) is -0.216. The molecule has 1 N–H and O–H groups in total. The Morgan fingerprint density at radius 3 is 2.50 bits per heavy atom. The van der Waals surface area contributed by atoms with E-state index in [4.69, 9.17) is 10.00 Å². The van der Waals surface area contributed by atoms with Crippen molar-refractivity contribution >= 4 is 17.0 Å². The van der Waals surface area contributed by atoms with Gasteiger partial charge < -0.3 is 14.4 Å². The van der Waals surface area contributed by atoms with Gasteiger partial charge in [0.05, 0.1) is 33.9 Å². The summed E-state index contributed by atoms with van der Waals surface area (Å²) in [6, 6.07) is 15.6. The van der Waals surface area contributed by atoms with Gasteiger partial charge in [0.25, 0.3) is 0 Å². The van der Waals surface area contributed by atoms with Crippen LogP contribution >= 0.6 is 0 Å². The van der Waals surface area contributed by atoms with Crippen LogP contribution in [0.5, 0.6) is 5.88 Å². The molecule has 0 unspecified atom stereocenters. The molecule has 3 aromatic carbocycles. The van der Waals surface area contributed by atoms with Gasteiger partial charge >= 0.3 is 5.97 Å². The lowest BCUT2D eigenvalue weighted by Crippen LogP contribution is -2.08. The number of hydrogen-bond acceptors (Lipinski definition) is 5. The SMILES string of the molecule is N#Cc1ccc(COc2cccc(-c3cc(F)c(Cc4nc5ccc(C(=O)O)cc5n4[C@@H]4C[C@@H]4C(F)F)cc3F)n2)c(F)c1. The number of rotatable bonds is 9. The van der Waals surface area contributed by atoms with Crippen LogP contribution in [0.2, 0.25) is 0 Å². The van der Waals surface area contributed by atoms with E-state index >= 15 is 8.78 Å². The maximum Gasteiger partial charge on any atom is 0.335 e. The average molecular weight is 605 g/mol. The molecular weight excluding hydrogens is 583 g/mol. The molecule has 5 aromatic rings. The Hall–Kier alpha value is -5.31. The van der Waals surface area contributed by atoms with E-state index in [9.17, 15) is 23.1 Å². The summed E-state index contributed by atoms with van der Waals surface area (Å²) in [7, 11) is 0. The van der Waals surface area contributed by atoms with Crippen molar-refractivity contribution in [3.05, 3.63) is 112 Å². The summed E-state index contributed by atoms with van der Waals surface area (Å²) < 4.78 is 79.0. The minimum absolute atomic E-state index is 0.0302. The van der Waals surface area contributed by atoms with Crippen molar-refractivity contribution in [2.45, 2.75) is 31.9 Å². The molecule has 1 aliphatic carbocycles. The predicted octanol–water partition coefficient (Wildman–Crippen LogP) is 7.08. The van der Waals surface area contributed by atoms with E-state index in [2.05, 4.69) is 9.97 Å². The second-order valence-corrected chi connectivity index (χ2v) is 10.4. The Morgan fingerprint density at radius 1 is 1.00 bits per heavy atom. The van der Waals surface area contributed by atoms with E-state index in [1.54, 1.807) is 0 Å². The third-order valence-corrected chi connectivity index (χ3v) is 7.51. The molecule has 6 rings (SSSR count). The number of alkyl halides is 2. The summed E-state index contributed by atoms with van der Waals surface area (Å²) in [4.78, 5) is 20.2. The molecule has 12 heteroatoms. The molecule has 1 aliphatic rings. The van der Waals surface area contributed by atoms with Gasteiger partial charge in [-0.3, -0.25) is 0 Å². The summed E-state index contributed by atoms with van der Waals surface area (Å²) in [5.74, 6) is -4.16. The van der Waals surface area contributed by atoms with E-state index in [-0.39, 0.29) is 64.7 Å². The molecule has 2 heterocycles. The Balaban J connectivity index is 1.28. The fraction of sp³-hybridized carbons (Fsp3) is 0.188. The highest BCUT2D eigenvalue weighted by molar-refractivity contribution is 5.92. The zero-order chi connectivity index (χ0) is 31.1. The molecular formula is C32H21F5N4O3. The molecule has 0 bridgehead atoms. The van der Waals surface area contributed by atoms with Crippen LogP contribution < -0.4 is 4.74 Å². The van der Waals surface area contributed by atoms with Crippen LogP contribution in [0.4, 0.5) is 22.0 Å². The third kappa shape index (κ3) is 5.56. The standard InChI is InChI=1S/C32H21F5N4O3/c33-22-8-16(14-38)4-5-18(22)15-44-30-3-1-2-25(40-30)20-12-23(34)19(9-24(20)35)11-29-39-26-7-6-17(32(42)43)10-28(26)41(29)27-13-21(27)31(36)37/h1-10,12,21,27,31H,11,13,15H2,(H,42,43)/t21-,27+/m0/s1.